The van der Waals surface area contributed by atoms with Crippen molar-refractivity contribution in [1.82, 2.24) is 4.90 Å². The molecule has 1 amide bonds. The second-order valence-corrected chi connectivity index (χ2v) is 5.97. The fourth-order valence-corrected chi connectivity index (χ4v) is 4.19. The van der Waals surface area contributed by atoms with Crippen molar-refractivity contribution in [3.63, 3.8) is 0 Å². The SMILES string of the molecule is N#C/C=C1/[C@H](C(=O)O)N2C(=O)/C(=C\C(=O)O)[C@H]2S1(=O)=O. The third-order valence-corrected chi connectivity index (χ3v) is 4.96. The van der Waals surface area contributed by atoms with E-state index in [1.807, 2.05) is 0 Å². The van der Waals surface area contributed by atoms with E-state index >= 15 is 0 Å². The van der Waals surface area contributed by atoms with Gasteiger partial charge in [-0.1, -0.05) is 0 Å². The van der Waals surface area contributed by atoms with Crippen molar-refractivity contribution in [3.05, 3.63) is 22.6 Å². The van der Waals surface area contributed by atoms with Gasteiger partial charge < -0.3 is 10.2 Å². The van der Waals surface area contributed by atoms with E-state index in [4.69, 9.17) is 15.5 Å². The second-order valence-electron chi connectivity index (χ2n) is 3.96. The van der Waals surface area contributed by atoms with E-state index in [9.17, 15) is 22.8 Å². The first-order chi connectivity index (χ1) is 9.23. The summed E-state index contributed by atoms with van der Waals surface area (Å²) in [7, 11) is -4.28. The van der Waals surface area contributed by atoms with Gasteiger partial charge in [0.05, 0.1) is 16.5 Å². The van der Waals surface area contributed by atoms with Crippen LogP contribution in [-0.2, 0) is 24.2 Å². The largest absolute Gasteiger partial charge is 0.479 e. The molecule has 9 nitrogen and oxygen atoms in total. The van der Waals surface area contributed by atoms with E-state index < -0.39 is 49.6 Å². The second kappa shape index (κ2) is 4.17. The molecular formula is C10H6N2O7S. The average Bonchev–Trinajstić information content (AvgIpc) is 2.53. The summed E-state index contributed by atoms with van der Waals surface area (Å²) in [5.41, 5.74) is -0.523. The summed E-state index contributed by atoms with van der Waals surface area (Å²) in [6.07, 6.45) is 0.966. The summed E-state index contributed by atoms with van der Waals surface area (Å²) in [5.74, 6) is -4.12. The number of rotatable bonds is 2. The Hall–Kier alpha value is -2.67. The summed E-state index contributed by atoms with van der Waals surface area (Å²) in [6.45, 7) is 0. The quantitative estimate of drug-likeness (QED) is 0.353. The summed E-state index contributed by atoms with van der Waals surface area (Å²) in [5, 5.41) is 24.5. The Morgan fingerprint density at radius 2 is 1.95 bits per heavy atom. The molecule has 0 saturated carbocycles. The van der Waals surface area contributed by atoms with Crippen LogP contribution in [0.3, 0.4) is 0 Å². The van der Waals surface area contributed by atoms with Gasteiger partial charge in [0.25, 0.3) is 5.91 Å². The minimum atomic E-state index is -4.28. The minimum absolute atomic E-state index is 0.426. The molecule has 0 spiro atoms. The van der Waals surface area contributed by atoms with E-state index in [0.717, 1.165) is 0 Å². The number of amides is 1. The molecule has 0 aromatic rings. The van der Waals surface area contributed by atoms with Crippen molar-refractivity contribution in [2.45, 2.75) is 11.4 Å². The number of nitriles is 1. The molecule has 0 bridgehead atoms. The molecule has 10 heteroatoms. The third-order valence-electron chi connectivity index (χ3n) is 2.89. The number of allylic oxidation sites excluding steroid dienone is 1. The van der Waals surface area contributed by atoms with E-state index in [-0.39, 0.29) is 0 Å². The van der Waals surface area contributed by atoms with Crippen LogP contribution in [0, 0.1) is 11.3 Å². The highest BCUT2D eigenvalue weighted by atomic mass is 32.2. The van der Waals surface area contributed by atoms with Crippen molar-refractivity contribution < 1.29 is 33.0 Å². The van der Waals surface area contributed by atoms with Crippen molar-refractivity contribution in [2.75, 3.05) is 0 Å². The maximum absolute atomic E-state index is 12.1. The number of carbonyl (C=O) groups is 3. The normalized spacial score (nSPS) is 30.8. The van der Waals surface area contributed by atoms with Crippen molar-refractivity contribution >= 4 is 27.7 Å². The van der Waals surface area contributed by atoms with E-state index in [0.29, 0.717) is 17.1 Å². The minimum Gasteiger partial charge on any atom is -0.479 e. The Labute approximate surface area is 111 Å². The summed E-state index contributed by atoms with van der Waals surface area (Å²) >= 11 is 0. The van der Waals surface area contributed by atoms with Gasteiger partial charge in [0.2, 0.25) is 9.84 Å². The number of sulfone groups is 1. The van der Waals surface area contributed by atoms with Gasteiger partial charge in [-0.25, -0.2) is 18.0 Å². The van der Waals surface area contributed by atoms with Crippen LogP contribution >= 0.6 is 0 Å². The van der Waals surface area contributed by atoms with Gasteiger partial charge in [-0.05, 0) is 0 Å². The lowest BCUT2D eigenvalue weighted by atomic mass is 10.0. The van der Waals surface area contributed by atoms with Crippen LogP contribution in [0.15, 0.2) is 22.6 Å². The van der Waals surface area contributed by atoms with Gasteiger partial charge in [-0.3, -0.25) is 9.69 Å². The lowest BCUT2D eigenvalue weighted by molar-refractivity contribution is -0.150. The molecular weight excluding hydrogens is 292 g/mol. The number of carboxylic acid groups (broad SMARTS) is 2. The molecule has 2 aliphatic rings. The molecule has 2 rings (SSSR count). The molecule has 0 aliphatic carbocycles. The highest BCUT2D eigenvalue weighted by Gasteiger charge is 2.64. The zero-order valence-corrected chi connectivity index (χ0v) is 10.4. The zero-order chi connectivity index (χ0) is 15.2. The fourth-order valence-electron chi connectivity index (χ4n) is 2.17. The summed E-state index contributed by atoms with van der Waals surface area (Å²) in [4.78, 5) is 33.1. The van der Waals surface area contributed by atoms with Gasteiger partial charge >= 0.3 is 11.9 Å². The third kappa shape index (κ3) is 1.60. The van der Waals surface area contributed by atoms with Crippen LogP contribution in [0.4, 0.5) is 0 Å². The average molecular weight is 298 g/mol. The van der Waals surface area contributed by atoms with Crippen LogP contribution in [0.1, 0.15) is 0 Å². The first kappa shape index (κ1) is 13.8. The monoisotopic (exact) mass is 298 g/mol. The van der Waals surface area contributed by atoms with Crippen molar-refractivity contribution in [1.29, 1.82) is 5.26 Å². The number of hydrogen-bond donors (Lipinski definition) is 2. The summed E-state index contributed by atoms with van der Waals surface area (Å²) < 4.78 is 24.2. The van der Waals surface area contributed by atoms with Gasteiger partial charge in [-0.2, -0.15) is 5.26 Å². The molecule has 2 atom stereocenters. The Bertz CT molecular complexity index is 740. The number of carboxylic acids is 2. The lowest BCUT2D eigenvalue weighted by Gasteiger charge is -2.36. The van der Waals surface area contributed by atoms with Gasteiger partial charge in [-0.15, -0.1) is 0 Å². The van der Waals surface area contributed by atoms with Gasteiger partial charge in [0.15, 0.2) is 11.4 Å². The molecule has 2 fully saturated rings. The van der Waals surface area contributed by atoms with Crippen LogP contribution in [0.25, 0.3) is 0 Å². The Morgan fingerprint density at radius 3 is 2.40 bits per heavy atom. The van der Waals surface area contributed by atoms with Crippen molar-refractivity contribution in [2.24, 2.45) is 0 Å². The molecule has 2 heterocycles. The predicted octanol–water partition coefficient (Wildman–Crippen LogP) is -1.55. The van der Waals surface area contributed by atoms with Gasteiger partial charge in [0.1, 0.15) is 0 Å². The number of aliphatic carboxylic acids is 2. The Kier molecular flexibility index (Phi) is 2.87. The predicted molar refractivity (Wildman–Crippen MR) is 60.4 cm³/mol. The molecule has 2 N–H and O–H groups in total. The van der Waals surface area contributed by atoms with Crippen LogP contribution < -0.4 is 0 Å². The van der Waals surface area contributed by atoms with E-state index in [2.05, 4.69) is 0 Å². The highest BCUT2D eigenvalue weighted by Crippen LogP contribution is 2.44. The number of nitrogens with zero attached hydrogens (tertiary/aromatic N) is 2. The van der Waals surface area contributed by atoms with Crippen molar-refractivity contribution in [3.8, 4) is 6.07 Å². The first-order valence-electron chi connectivity index (χ1n) is 5.07. The Balaban J connectivity index is 2.64. The smallest absolute Gasteiger partial charge is 0.331 e. The summed E-state index contributed by atoms with van der Waals surface area (Å²) in [6, 6.07) is -0.392. The maximum atomic E-state index is 12.1. The van der Waals surface area contributed by atoms with Crippen LogP contribution in [0.5, 0.6) is 0 Å². The van der Waals surface area contributed by atoms with Crippen LogP contribution in [0.2, 0.25) is 0 Å². The van der Waals surface area contributed by atoms with E-state index in [1.165, 1.54) is 6.07 Å². The standard InChI is InChI=1S/C10H6N2O7S/c11-2-1-5-7(10(16)17)12-8(15)4(3-6(13)14)9(12)20(5,18)19/h1,3,7,9H,(H,13,14)(H,16,17)/b4-3+,5-1-/t7-,9-/m1/s1. The topological polar surface area (TPSA) is 153 Å². The first-order valence-corrected chi connectivity index (χ1v) is 6.61. The molecule has 0 aromatic carbocycles. The molecule has 20 heavy (non-hydrogen) atoms. The zero-order valence-electron chi connectivity index (χ0n) is 9.55. The molecule has 104 valence electrons. The molecule has 2 aliphatic heterocycles. The number of fused-ring (bicyclic) bond motifs is 1. The molecule has 0 unspecified atom stereocenters. The maximum Gasteiger partial charge on any atom is 0.331 e. The van der Waals surface area contributed by atoms with Gasteiger partial charge in [0, 0.05) is 12.2 Å². The Morgan fingerprint density at radius 1 is 1.35 bits per heavy atom. The number of carbonyl (C=O) groups excluding carboxylic acids is 1. The van der Waals surface area contributed by atoms with Crippen LogP contribution in [-0.4, -0.2) is 52.8 Å². The fraction of sp³-hybridized carbons (Fsp3) is 0.200. The van der Waals surface area contributed by atoms with E-state index in [1.54, 1.807) is 0 Å². The number of β-lactam (4-membered cyclic amide) rings is 1. The molecule has 0 aromatic heterocycles. The highest BCUT2D eigenvalue weighted by molar-refractivity contribution is 7.96. The number of hydrogen-bond acceptors (Lipinski definition) is 6. The molecule has 2 saturated heterocycles. The molecule has 0 radical (unpaired) electrons. The lowest BCUT2D eigenvalue weighted by Crippen LogP contribution is -2.58.